The Labute approximate surface area is 131 Å². The molecule has 0 atom stereocenters. The van der Waals surface area contributed by atoms with Gasteiger partial charge in [-0.1, -0.05) is 37.6 Å². The van der Waals surface area contributed by atoms with E-state index in [1.807, 2.05) is 26.0 Å². The van der Waals surface area contributed by atoms with Crippen molar-refractivity contribution in [3.8, 4) is 0 Å². The fourth-order valence-corrected chi connectivity index (χ4v) is 3.00. The van der Waals surface area contributed by atoms with Crippen LogP contribution in [-0.2, 0) is 21.5 Å². The van der Waals surface area contributed by atoms with Gasteiger partial charge in [0.05, 0.1) is 11.0 Å². The summed E-state index contributed by atoms with van der Waals surface area (Å²) in [6.07, 6.45) is 3.14. The molecule has 1 aromatic carbocycles. The van der Waals surface area contributed by atoms with Crippen LogP contribution in [0, 0.1) is 5.41 Å². The largest absolute Gasteiger partial charge is 0.481 e. The molecular weight excluding hydrogens is 278 g/mol. The van der Waals surface area contributed by atoms with Gasteiger partial charge in [0.2, 0.25) is 5.91 Å². The first-order valence-electron chi connectivity index (χ1n) is 7.93. The third-order valence-corrected chi connectivity index (χ3v) is 4.80. The number of amides is 1. The van der Waals surface area contributed by atoms with Crippen LogP contribution in [0.4, 0.5) is 0 Å². The lowest BCUT2D eigenvalue weighted by Crippen LogP contribution is -2.47. The van der Waals surface area contributed by atoms with Crippen molar-refractivity contribution in [2.24, 2.45) is 5.41 Å². The van der Waals surface area contributed by atoms with Gasteiger partial charge in [0.25, 0.3) is 0 Å². The number of carboxylic acids is 1. The van der Waals surface area contributed by atoms with Crippen LogP contribution >= 0.6 is 0 Å². The van der Waals surface area contributed by atoms with Crippen molar-refractivity contribution in [2.75, 3.05) is 0 Å². The maximum absolute atomic E-state index is 12.3. The third-order valence-electron chi connectivity index (χ3n) is 4.80. The number of benzene rings is 1. The summed E-state index contributed by atoms with van der Waals surface area (Å²) in [5.74, 6) is -1.04. The van der Waals surface area contributed by atoms with Gasteiger partial charge in [0.15, 0.2) is 0 Å². The predicted octanol–water partition coefficient (Wildman–Crippen LogP) is 3.25. The Morgan fingerprint density at radius 2 is 1.82 bits per heavy atom. The van der Waals surface area contributed by atoms with E-state index in [1.54, 1.807) is 0 Å². The van der Waals surface area contributed by atoms with Crippen LogP contribution in [0.25, 0.3) is 0 Å². The first-order chi connectivity index (χ1) is 10.3. The molecule has 0 spiro atoms. The number of carbonyl (C=O) groups excluding carboxylic acids is 1. The average molecular weight is 303 g/mol. The van der Waals surface area contributed by atoms with Crippen molar-refractivity contribution in [1.29, 1.82) is 0 Å². The third kappa shape index (κ3) is 3.32. The molecule has 0 unspecified atom stereocenters. The molecule has 2 rings (SSSR count). The summed E-state index contributed by atoms with van der Waals surface area (Å²) in [7, 11) is 0. The molecule has 1 aliphatic rings. The van der Waals surface area contributed by atoms with Gasteiger partial charge in [0, 0.05) is 6.42 Å². The molecule has 120 valence electrons. The molecule has 0 saturated heterocycles. The zero-order chi connectivity index (χ0) is 16.4. The van der Waals surface area contributed by atoms with Crippen molar-refractivity contribution in [1.82, 2.24) is 5.32 Å². The highest BCUT2D eigenvalue weighted by Gasteiger charge is 2.46. The Bertz CT molecular complexity index is 556. The second-order valence-corrected chi connectivity index (χ2v) is 6.84. The zero-order valence-corrected chi connectivity index (χ0v) is 13.6. The van der Waals surface area contributed by atoms with Gasteiger partial charge >= 0.3 is 5.97 Å². The van der Waals surface area contributed by atoms with E-state index in [0.717, 1.165) is 18.4 Å². The summed E-state index contributed by atoms with van der Waals surface area (Å²) in [5, 5.41) is 12.3. The van der Waals surface area contributed by atoms with Crippen molar-refractivity contribution >= 4 is 11.9 Å². The van der Waals surface area contributed by atoms with Crippen molar-refractivity contribution in [3.05, 3.63) is 35.4 Å². The molecule has 22 heavy (non-hydrogen) atoms. The molecule has 0 bridgehead atoms. The van der Waals surface area contributed by atoms with Crippen LogP contribution in [0.2, 0.25) is 0 Å². The Balaban J connectivity index is 2.04. The van der Waals surface area contributed by atoms with E-state index in [1.165, 1.54) is 5.56 Å². The number of carbonyl (C=O) groups is 2. The van der Waals surface area contributed by atoms with Crippen molar-refractivity contribution in [3.63, 3.8) is 0 Å². The maximum Gasteiger partial charge on any atom is 0.310 e. The highest BCUT2D eigenvalue weighted by molar-refractivity contribution is 5.86. The number of aliphatic carboxylic acids is 1. The first-order valence-corrected chi connectivity index (χ1v) is 7.93. The number of aryl methyl sites for hydroxylation is 1. The number of carboxylic acid groups (broad SMARTS) is 1. The van der Waals surface area contributed by atoms with E-state index in [4.69, 9.17) is 0 Å². The minimum absolute atomic E-state index is 0.0683. The summed E-state index contributed by atoms with van der Waals surface area (Å²) in [6.45, 7) is 5.99. The molecule has 4 nitrogen and oxygen atoms in total. The number of rotatable bonds is 6. The Morgan fingerprint density at radius 1 is 1.23 bits per heavy atom. The molecule has 1 fully saturated rings. The van der Waals surface area contributed by atoms with Crippen LogP contribution in [0.1, 0.15) is 57.6 Å². The van der Waals surface area contributed by atoms with Crippen LogP contribution in [0.5, 0.6) is 0 Å². The monoisotopic (exact) mass is 303 g/mol. The molecule has 1 aliphatic carbocycles. The summed E-state index contributed by atoms with van der Waals surface area (Å²) in [4.78, 5) is 23.7. The Kier molecular flexibility index (Phi) is 4.59. The molecule has 0 aromatic heterocycles. The van der Waals surface area contributed by atoms with E-state index < -0.39 is 16.9 Å². The Morgan fingerprint density at radius 3 is 2.23 bits per heavy atom. The van der Waals surface area contributed by atoms with Gasteiger partial charge in [-0.3, -0.25) is 9.59 Å². The normalized spacial score (nSPS) is 16.7. The second-order valence-electron chi connectivity index (χ2n) is 6.84. The van der Waals surface area contributed by atoms with Crippen molar-refractivity contribution < 1.29 is 14.7 Å². The lowest BCUT2D eigenvalue weighted by atomic mass is 9.66. The van der Waals surface area contributed by atoms with E-state index in [0.29, 0.717) is 12.8 Å². The molecule has 0 heterocycles. The summed E-state index contributed by atoms with van der Waals surface area (Å²) in [5.41, 5.74) is 0.931. The summed E-state index contributed by atoms with van der Waals surface area (Å²) in [6, 6.07) is 8.17. The molecule has 4 heteroatoms. The molecule has 0 radical (unpaired) electrons. The molecule has 1 aromatic rings. The Hall–Kier alpha value is -1.84. The lowest BCUT2D eigenvalue weighted by Gasteiger charge is -2.38. The lowest BCUT2D eigenvalue weighted by molar-refractivity contribution is -0.157. The van der Waals surface area contributed by atoms with E-state index in [-0.39, 0.29) is 12.3 Å². The van der Waals surface area contributed by atoms with Crippen molar-refractivity contribution in [2.45, 2.75) is 58.4 Å². The standard InChI is InChI=1S/C18H25NO3/c1-4-13-6-8-14(9-7-13)17(2,3)19-15(20)12-18(16(21)22)10-5-11-18/h6-9H,4-5,10-12H2,1-3H3,(H,19,20)(H,21,22). The smallest absolute Gasteiger partial charge is 0.310 e. The summed E-state index contributed by atoms with van der Waals surface area (Å²) >= 11 is 0. The van der Waals surface area contributed by atoms with Gasteiger partial charge in [0.1, 0.15) is 0 Å². The molecule has 2 N–H and O–H groups in total. The van der Waals surface area contributed by atoms with Crippen LogP contribution in [0.15, 0.2) is 24.3 Å². The summed E-state index contributed by atoms with van der Waals surface area (Å²) < 4.78 is 0. The highest BCUT2D eigenvalue weighted by atomic mass is 16.4. The minimum Gasteiger partial charge on any atom is -0.481 e. The predicted molar refractivity (Wildman–Crippen MR) is 85.5 cm³/mol. The molecular formula is C18H25NO3. The minimum atomic E-state index is -0.848. The molecule has 0 aliphatic heterocycles. The van der Waals surface area contributed by atoms with Gasteiger partial charge in [-0.05, 0) is 44.2 Å². The SMILES string of the molecule is CCc1ccc(C(C)(C)NC(=O)CC2(C(=O)O)CCC2)cc1. The fourth-order valence-electron chi connectivity index (χ4n) is 3.00. The average Bonchev–Trinajstić information content (AvgIpc) is 2.42. The van der Waals surface area contributed by atoms with Crippen LogP contribution < -0.4 is 5.32 Å². The van der Waals surface area contributed by atoms with E-state index in [9.17, 15) is 14.7 Å². The van der Waals surface area contributed by atoms with Gasteiger partial charge < -0.3 is 10.4 Å². The molecule has 1 saturated carbocycles. The quantitative estimate of drug-likeness (QED) is 0.848. The van der Waals surface area contributed by atoms with Crippen LogP contribution in [0.3, 0.4) is 0 Å². The maximum atomic E-state index is 12.3. The van der Waals surface area contributed by atoms with E-state index in [2.05, 4.69) is 24.4 Å². The highest BCUT2D eigenvalue weighted by Crippen LogP contribution is 2.44. The first kappa shape index (κ1) is 16.5. The van der Waals surface area contributed by atoms with Gasteiger partial charge in [-0.2, -0.15) is 0 Å². The van der Waals surface area contributed by atoms with Gasteiger partial charge in [-0.15, -0.1) is 0 Å². The fraction of sp³-hybridized carbons (Fsp3) is 0.556. The van der Waals surface area contributed by atoms with Gasteiger partial charge in [-0.25, -0.2) is 0 Å². The number of nitrogens with one attached hydrogen (secondary N) is 1. The van der Waals surface area contributed by atoms with Crippen LogP contribution in [-0.4, -0.2) is 17.0 Å². The topological polar surface area (TPSA) is 66.4 Å². The molecule has 1 amide bonds. The zero-order valence-electron chi connectivity index (χ0n) is 13.6. The van der Waals surface area contributed by atoms with E-state index >= 15 is 0 Å². The number of hydrogen-bond donors (Lipinski definition) is 2. The second kappa shape index (κ2) is 6.11. The number of hydrogen-bond acceptors (Lipinski definition) is 2.